The molecule has 2 nitrogen and oxygen atoms in total. The van der Waals surface area contributed by atoms with Crippen molar-refractivity contribution in [2.75, 3.05) is 0 Å². The fourth-order valence-corrected chi connectivity index (χ4v) is 11.6. The van der Waals surface area contributed by atoms with Crippen molar-refractivity contribution in [1.82, 2.24) is 9.97 Å². The van der Waals surface area contributed by atoms with Crippen LogP contribution in [0.1, 0.15) is 0 Å². The van der Waals surface area contributed by atoms with Crippen LogP contribution in [0.2, 0.25) is 13.1 Å². The minimum Gasteiger partial charge on any atom is -0.228 e. The molecule has 1 aliphatic rings. The van der Waals surface area contributed by atoms with E-state index >= 15 is 0 Å². The van der Waals surface area contributed by atoms with Gasteiger partial charge in [0.2, 0.25) is 0 Å². The first-order valence-electron chi connectivity index (χ1n) is 17.7. The molecule has 240 valence electrons. The molecule has 9 aromatic rings. The number of benzene rings is 8. The maximum atomic E-state index is 5.36. The smallest absolute Gasteiger partial charge is 0.160 e. The molecule has 0 unspecified atom stereocenters. The summed E-state index contributed by atoms with van der Waals surface area (Å²) >= 11 is 0. The van der Waals surface area contributed by atoms with E-state index in [1.807, 2.05) is 6.07 Å². The topological polar surface area (TPSA) is 25.8 Å². The van der Waals surface area contributed by atoms with Crippen LogP contribution < -0.4 is 10.4 Å². The van der Waals surface area contributed by atoms with Gasteiger partial charge >= 0.3 is 0 Å². The molecule has 0 amide bonds. The molecule has 2 heterocycles. The van der Waals surface area contributed by atoms with Gasteiger partial charge in [0.05, 0.1) is 11.4 Å². The molecular formula is C48H34N2Si. The van der Waals surface area contributed by atoms with Crippen molar-refractivity contribution in [3.05, 3.63) is 170 Å². The zero-order valence-corrected chi connectivity index (χ0v) is 29.6. The Morgan fingerprint density at radius 3 is 1.49 bits per heavy atom. The maximum Gasteiger partial charge on any atom is 0.160 e. The highest BCUT2D eigenvalue weighted by Crippen LogP contribution is 2.39. The van der Waals surface area contributed by atoms with Crippen molar-refractivity contribution in [1.29, 1.82) is 0 Å². The number of nitrogens with zero attached hydrogens (tertiary/aromatic N) is 2. The zero-order valence-electron chi connectivity index (χ0n) is 28.6. The Kier molecular flexibility index (Phi) is 6.67. The van der Waals surface area contributed by atoms with Crippen LogP contribution in [0.25, 0.3) is 88.5 Å². The van der Waals surface area contributed by atoms with Crippen molar-refractivity contribution >= 4 is 50.8 Å². The predicted octanol–water partition coefficient (Wildman–Crippen LogP) is 11.4. The Morgan fingerprint density at radius 2 is 0.824 bits per heavy atom. The predicted molar refractivity (Wildman–Crippen MR) is 218 cm³/mol. The Bertz CT molecular complexity index is 2800. The van der Waals surface area contributed by atoms with Crippen LogP contribution in [0.15, 0.2) is 170 Å². The molecule has 0 N–H and O–H groups in total. The van der Waals surface area contributed by atoms with Crippen LogP contribution in [-0.4, -0.2) is 18.0 Å². The molecule has 10 rings (SSSR count). The van der Waals surface area contributed by atoms with Crippen LogP contribution in [0.5, 0.6) is 0 Å². The summed E-state index contributed by atoms with van der Waals surface area (Å²) in [5, 5.41) is 10.5. The number of aromatic nitrogens is 2. The lowest BCUT2D eigenvalue weighted by Crippen LogP contribution is -2.50. The van der Waals surface area contributed by atoms with Gasteiger partial charge in [-0.05, 0) is 88.7 Å². The quantitative estimate of drug-likeness (QED) is 0.138. The van der Waals surface area contributed by atoms with Gasteiger partial charge in [-0.25, -0.2) is 9.97 Å². The minimum atomic E-state index is -2.07. The van der Waals surface area contributed by atoms with E-state index < -0.39 is 8.07 Å². The highest BCUT2D eigenvalue weighted by Gasteiger charge is 2.41. The molecule has 0 spiro atoms. The molecule has 3 heteroatoms. The standard InChI is InChI=1S/C48H34N2Si/c1-51(2)44-25-11-10-24-42(44)46-47(51)45(49-48(50-46)31-14-4-3-5-15-31)36-19-13-18-34(29-36)32-16-12-17-33(28-32)35-26-27-41-39-22-7-6-20-37(39)38-21-8-9-23-40(38)43(41)30-35/h3-30H,1-2H3. The Labute approximate surface area is 298 Å². The second kappa shape index (κ2) is 11.4. The van der Waals surface area contributed by atoms with Crippen molar-refractivity contribution in [2.24, 2.45) is 0 Å². The lowest BCUT2D eigenvalue weighted by atomic mass is 9.91. The summed E-state index contributed by atoms with van der Waals surface area (Å²) < 4.78 is 0. The monoisotopic (exact) mass is 666 g/mol. The third-order valence-electron chi connectivity index (χ3n) is 10.8. The van der Waals surface area contributed by atoms with E-state index in [4.69, 9.17) is 9.97 Å². The van der Waals surface area contributed by atoms with Crippen LogP contribution in [0, 0.1) is 0 Å². The molecule has 1 aliphatic heterocycles. The van der Waals surface area contributed by atoms with Crippen LogP contribution >= 0.6 is 0 Å². The Hall–Kier alpha value is -6.16. The number of rotatable bonds is 4. The lowest BCUT2D eigenvalue weighted by molar-refractivity contribution is 1.20. The average molecular weight is 667 g/mol. The summed E-state index contributed by atoms with van der Waals surface area (Å²) in [6.45, 7) is 4.88. The maximum absolute atomic E-state index is 5.36. The first-order valence-corrected chi connectivity index (χ1v) is 20.7. The van der Waals surface area contributed by atoms with E-state index in [-0.39, 0.29) is 0 Å². The molecular weight excluding hydrogens is 633 g/mol. The molecule has 1 aromatic heterocycles. The summed E-state index contributed by atoms with van der Waals surface area (Å²) in [5.74, 6) is 0.773. The first-order chi connectivity index (χ1) is 25.0. The summed E-state index contributed by atoms with van der Waals surface area (Å²) in [4.78, 5) is 10.6. The van der Waals surface area contributed by atoms with Crippen molar-refractivity contribution in [3.63, 3.8) is 0 Å². The molecule has 0 bridgehead atoms. The molecule has 51 heavy (non-hydrogen) atoms. The van der Waals surface area contributed by atoms with Gasteiger partial charge in [0.15, 0.2) is 5.82 Å². The molecule has 8 aromatic carbocycles. The third-order valence-corrected chi connectivity index (χ3v) is 14.3. The Morgan fingerprint density at radius 1 is 0.353 bits per heavy atom. The van der Waals surface area contributed by atoms with Crippen molar-refractivity contribution in [2.45, 2.75) is 13.1 Å². The Balaban J connectivity index is 1.11. The van der Waals surface area contributed by atoms with Gasteiger partial charge in [0.1, 0.15) is 8.07 Å². The van der Waals surface area contributed by atoms with E-state index in [1.165, 1.54) is 70.5 Å². The van der Waals surface area contributed by atoms with Gasteiger partial charge in [-0.15, -0.1) is 0 Å². The van der Waals surface area contributed by atoms with E-state index in [1.54, 1.807) is 0 Å². The van der Waals surface area contributed by atoms with Gasteiger partial charge in [0, 0.05) is 11.1 Å². The molecule has 0 saturated heterocycles. The minimum absolute atomic E-state index is 0.773. The number of hydrogen-bond acceptors (Lipinski definition) is 2. The average Bonchev–Trinajstić information content (AvgIpc) is 3.44. The van der Waals surface area contributed by atoms with Crippen molar-refractivity contribution < 1.29 is 0 Å². The highest BCUT2D eigenvalue weighted by molar-refractivity contribution is 7.04. The van der Waals surface area contributed by atoms with Gasteiger partial charge in [-0.3, -0.25) is 0 Å². The first kappa shape index (κ1) is 29.7. The van der Waals surface area contributed by atoms with Gasteiger partial charge in [0.25, 0.3) is 0 Å². The van der Waals surface area contributed by atoms with Gasteiger partial charge in [-0.1, -0.05) is 165 Å². The largest absolute Gasteiger partial charge is 0.228 e. The fraction of sp³-hybridized carbons (Fsp3) is 0.0417. The summed E-state index contributed by atoms with van der Waals surface area (Å²) in [5.41, 5.74) is 10.3. The molecule has 0 radical (unpaired) electrons. The number of fused-ring (bicyclic) bond motifs is 9. The van der Waals surface area contributed by atoms with Crippen molar-refractivity contribution in [3.8, 4) is 56.2 Å². The van der Waals surface area contributed by atoms with Crippen LogP contribution in [-0.2, 0) is 0 Å². The number of hydrogen-bond donors (Lipinski definition) is 0. The second-order valence-corrected chi connectivity index (χ2v) is 18.5. The van der Waals surface area contributed by atoms with Gasteiger partial charge < -0.3 is 0 Å². The van der Waals surface area contributed by atoms with E-state index in [9.17, 15) is 0 Å². The molecule has 0 aliphatic carbocycles. The van der Waals surface area contributed by atoms with E-state index in [2.05, 4.69) is 177 Å². The SMILES string of the molecule is C[Si]1(C)c2ccccc2-c2nc(-c3ccccc3)nc(-c3cccc(-c4cccc(-c5ccc6c7ccccc7c7ccccc7c6c5)c4)c3)c21. The zero-order chi connectivity index (χ0) is 34.1. The van der Waals surface area contributed by atoms with Crippen LogP contribution in [0.3, 0.4) is 0 Å². The summed E-state index contributed by atoms with van der Waals surface area (Å²) in [7, 11) is -2.07. The normalized spacial score (nSPS) is 13.1. The fourth-order valence-electron chi connectivity index (χ4n) is 8.35. The lowest BCUT2D eigenvalue weighted by Gasteiger charge is -2.22. The third kappa shape index (κ3) is 4.70. The summed E-state index contributed by atoms with van der Waals surface area (Å²) in [6.07, 6.45) is 0. The van der Waals surface area contributed by atoms with Gasteiger partial charge in [-0.2, -0.15) is 0 Å². The van der Waals surface area contributed by atoms with E-state index in [0.29, 0.717) is 0 Å². The molecule has 0 atom stereocenters. The highest BCUT2D eigenvalue weighted by atomic mass is 28.3. The van der Waals surface area contributed by atoms with E-state index in [0.717, 1.165) is 28.3 Å². The van der Waals surface area contributed by atoms with Crippen LogP contribution in [0.4, 0.5) is 0 Å². The molecule has 0 saturated carbocycles. The second-order valence-electron chi connectivity index (χ2n) is 14.2. The summed E-state index contributed by atoms with van der Waals surface area (Å²) in [6, 6.07) is 61.6. The molecule has 0 fully saturated rings.